The van der Waals surface area contributed by atoms with E-state index in [1.54, 1.807) is 6.92 Å². The third kappa shape index (κ3) is 4.96. The standard InChI is InChI=1S/C26H36N4O2/c1-20-25(22(3)31)21(2)30(27-20)16-11-24(32)29-15-8-13-26(19-29)12-7-14-28(18-26)17-23-9-5-4-6-10-23/h4-6,9-10H,7-8,11-19H2,1-3H3. The van der Waals surface area contributed by atoms with Crippen molar-refractivity contribution in [1.29, 1.82) is 0 Å². The highest BCUT2D eigenvalue weighted by Crippen LogP contribution is 2.39. The molecule has 0 N–H and O–H groups in total. The number of ketones is 1. The van der Waals surface area contributed by atoms with Gasteiger partial charge in [0.1, 0.15) is 0 Å². The fourth-order valence-electron chi connectivity index (χ4n) is 5.82. The van der Waals surface area contributed by atoms with E-state index in [1.807, 2.05) is 18.5 Å². The Hall–Kier alpha value is -2.47. The zero-order chi connectivity index (χ0) is 22.7. The van der Waals surface area contributed by atoms with Crippen LogP contribution >= 0.6 is 0 Å². The van der Waals surface area contributed by atoms with Crippen LogP contribution in [-0.4, -0.2) is 57.4 Å². The Balaban J connectivity index is 1.36. The van der Waals surface area contributed by atoms with Gasteiger partial charge in [0.25, 0.3) is 0 Å². The zero-order valence-electron chi connectivity index (χ0n) is 19.8. The van der Waals surface area contributed by atoms with Crippen LogP contribution in [0.15, 0.2) is 30.3 Å². The smallest absolute Gasteiger partial charge is 0.224 e. The molecule has 6 heteroatoms. The first kappa shape index (κ1) is 22.7. The summed E-state index contributed by atoms with van der Waals surface area (Å²) < 4.78 is 1.83. The van der Waals surface area contributed by atoms with Crippen LogP contribution in [0.3, 0.4) is 0 Å². The van der Waals surface area contributed by atoms with Crippen molar-refractivity contribution >= 4 is 11.7 Å². The van der Waals surface area contributed by atoms with Crippen molar-refractivity contribution in [1.82, 2.24) is 19.6 Å². The minimum Gasteiger partial charge on any atom is -0.342 e. The number of hydrogen-bond donors (Lipinski definition) is 0. The Bertz CT molecular complexity index is 964. The summed E-state index contributed by atoms with van der Waals surface area (Å²) in [5, 5.41) is 4.50. The minimum absolute atomic E-state index is 0.0351. The number of aryl methyl sites for hydroxylation is 2. The van der Waals surface area contributed by atoms with E-state index < -0.39 is 0 Å². The third-order valence-electron chi connectivity index (χ3n) is 7.27. The molecule has 3 heterocycles. The molecule has 6 nitrogen and oxygen atoms in total. The molecule has 2 aliphatic heterocycles. The molecule has 0 aliphatic carbocycles. The Morgan fingerprint density at radius 2 is 1.75 bits per heavy atom. The summed E-state index contributed by atoms with van der Waals surface area (Å²) in [5.41, 5.74) is 3.89. The quantitative estimate of drug-likeness (QED) is 0.643. The molecule has 1 aromatic heterocycles. The number of likely N-dealkylation sites (tertiary alicyclic amines) is 2. The maximum atomic E-state index is 13.1. The van der Waals surface area contributed by atoms with Crippen molar-refractivity contribution in [2.24, 2.45) is 5.41 Å². The number of rotatable bonds is 6. The number of Topliss-reactive ketones (excluding diaryl/α,β-unsaturated/α-hetero) is 1. The number of amides is 1. The number of nitrogens with zero attached hydrogens (tertiary/aromatic N) is 4. The number of carbonyl (C=O) groups excluding carboxylic acids is 2. The van der Waals surface area contributed by atoms with Crippen LogP contribution in [0.2, 0.25) is 0 Å². The van der Waals surface area contributed by atoms with E-state index in [9.17, 15) is 9.59 Å². The highest BCUT2D eigenvalue weighted by molar-refractivity contribution is 5.96. The van der Waals surface area contributed by atoms with Gasteiger partial charge in [-0.05, 0) is 58.6 Å². The van der Waals surface area contributed by atoms with Crippen LogP contribution in [0.4, 0.5) is 0 Å². The molecule has 1 unspecified atom stereocenters. The van der Waals surface area contributed by atoms with E-state index in [0.29, 0.717) is 18.5 Å². The van der Waals surface area contributed by atoms with Gasteiger partial charge in [0.2, 0.25) is 5.91 Å². The third-order valence-corrected chi connectivity index (χ3v) is 7.27. The van der Waals surface area contributed by atoms with E-state index in [0.717, 1.165) is 50.5 Å². The predicted molar refractivity (Wildman–Crippen MR) is 126 cm³/mol. The van der Waals surface area contributed by atoms with Crippen molar-refractivity contribution in [3.8, 4) is 0 Å². The van der Waals surface area contributed by atoms with Gasteiger partial charge in [0.15, 0.2) is 5.78 Å². The lowest BCUT2D eigenvalue weighted by molar-refractivity contribution is -0.136. The number of piperidine rings is 2. The first-order valence-electron chi connectivity index (χ1n) is 12.0. The summed E-state index contributed by atoms with van der Waals surface area (Å²) in [4.78, 5) is 29.6. The highest BCUT2D eigenvalue weighted by atomic mass is 16.2. The molecule has 2 fully saturated rings. The number of hydrogen-bond acceptors (Lipinski definition) is 4. The van der Waals surface area contributed by atoms with Crippen LogP contribution in [0.5, 0.6) is 0 Å². The Labute approximate surface area is 191 Å². The van der Waals surface area contributed by atoms with Crippen molar-refractivity contribution in [2.75, 3.05) is 26.2 Å². The molecular weight excluding hydrogens is 400 g/mol. The van der Waals surface area contributed by atoms with Gasteiger partial charge < -0.3 is 4.90 Å². The second-order valence-electron chi connectivity index (χ2n) is 9.79. The van der Waals surface area contributed by atoms with Crippen LogP contribution in [0.25, 0.3) is 0 Å². The Morgan fingerprint density at radius 1 is 1.03 bits per heavy atom. The number of benzene rings is 1. The summed E-state index contributed by atoms with van der Waals surface area (Å²) in [5.74, 6) is 0.245. The van der Waals surface area contributed by atoms with Gasteiger partial charge in [-0.1, -0.05) is 30.3 Å². The van der Waals surface area contributed by atoms with E-state index in [4.69, 9.17) is 0 Å². The summed E-state index contributed by atoms with van der Waals surface area (Å²) >= 11 is 0. The number of carbonyl (C=O) groups is 2. The molecule has 2 saturated heterocycles. The Morgan fingerprint density at radius 3 is 2.44 bits per heavy atom. The van der Waals surface area contributed by atoms with Gasteiger partial charge in [0, 0.05) is 50.3 Å². The second kappa shape index (κ2) is 9.57. The molecule has 1 spiro atoms. The molecule has 0 bridgehead atoms. The second-order valence-corrected chi connectivity index (χ2v) is 9.79. The van der Waals surface area contributed by atoms with Crippen molar-refractivity contribution in [3.05, 3.63) is 52.8 Å². The normalized spacial score (nSPS) is 21.8. The van der Waals surface area contributed by atoms with Gasteiger partial charge in [-0.15, -0.1) is 0 Å². The van der Waals surface area contributed by atoms with Crippen LogP contribution in [0, 0.1) is 19.3 Å². The molecule has 1 amide bonds. The summed E-state index contributed by atoms with van der Waals surface area (Å²) in [7, 11) is 0. The molecule has 4 rings (SSSR count). The maximum absolute atomic E-state index is 13.1. The summed E-state index contributed by atoms with van der Waals surface area (Å²) in [6.07, 6.45) is 5.14. The molecule has 0 saturated carbocycles. The predicted octanol–water partition coefficient (Wildman–Crippen LogP) is 4.00. The average molecular weight is 437 g/mol. The largest absolute Gasteiger partial charge is 0.342 e. The minimum atomic E-state index is 0.0351. The molecule has 1 atom stereocenters. The first-order chi connectivity index (χ1) is 15.4. The lowest BCUT2D eigenvalue weighted by Crippen LogP contribution is -2.53. The van der Waals surface area contributed by atoms with E-state index in [-0.39, 0.29) is 17.1 Å². The fourth-order valence-corrected chi connectivity index (χ4v) is 5.82. The number of aromatic nitrogens is 2. The zero-order valence-corrected chi connectivity index (χ0v) is 19.8. The topological polar surface area (TPSA) is 58.4 Å². The molecule has 2 aromatic rings. The molecule has 1 aromatic carbocycles. The van der Waals surface area contributed by atoms with Gasteiger partial charge in [-0.3, -0.25) is 19.2 Å². The van der Waals surface area contributed by atoms with Gasteiger partial charge >= 0.3 is 0 Å². The first-order valence-corrected chi connectivity index (χ1v) is 12.0. The monoisotopic (exact) mass is 436 g/mol. The average Bonchev–Trinajstić information content (AvgIpc) is 3.06. The van der Waals surface area contributed by atoms with Gasteiger partial charge in [-0.25, -0.2) is 0 Å². The fraction of sp³-hybridized carbons (Fsp3) is 0.577. The Kier molecular flexibility index (Phi) is 6.79. The van der Waals surface area contributed by atoms with Gasteiger partial charge in [-0.2, -0.15) is 5.10 Å². The summed E-state index contributed by atoms with van der Waals surface area (Å²) in [6, 6.07) is 10.7. The lowest BCUT2D eigenvalue weighted by atomic mass is 9.73. The van der Waals surface area contributed by atoms with Gasteiger partial charge in [0.05, 0.1) is 11.3 Å². The molecule has 0 radical (unpaired) electrons. The highest BCUT2D eigenvalue weighted by Gasteiger charge is 2.40. The van der Waals surface area contributed by atoms with Crippen LogP contribution in [0.1, 0.15) is 66.3 Å². The SMILES string of the molecule is CC(=O)c1c(C)nn(CCC(=O)N2CCCC3(CCCN(Cc4ccccc4)C3)C2)c1C. The van der Waals surface area contributed by atoms with Crippen molar-refractivity contribution < 1.29 is 9.59 Å². The van der Waals surface area contributed by atoms with Crippen molar-refractivity contribution in [3.63, 3.8) is 0 Å². The van der Waals surface area contributed by atoms with Crippen molar-refractivity contribution in [2.45, 2.75) is 66.0 Å². The van der Waals surface area contributed by atoms with Crippen LogP contribution < -0.4 is 0 Å². The van der Waals surface area contributed by atoms with Crippen LogP contribution in [-0.2, 0) is 17.9 Å². The molecule has 32 heavy (non-hydrogen) atoms. The lowest BCUT2D eigenvalue weighted by Gasteiger charge is -2.48. The van der Waals surface area contributed by atoms with E-state index in [2.05, 4.69) is 45.2 Å². The molecule has 172 valence electrons. The molecular formula is C26H36N4O2. The molecule has 2 aliphatic rings. The van der Waals surface area contributed by atoms with E-state index >= 15 is 0 Å². The maximum Gasteiger partial charge on any atom is 0.224 e. The summed E-state index contributed by atoms with van der Waals surface area (Å²) in [6.45, 7) is 10.8. The van der Waals surface area contributed by atoms with E-state index in [1.165, 1.54) is 24.8 Å².